The first-order chi connectivity index (χ1) is 13.7. The molecule has 1 aromatic carbocycles. The summed E-state index contributed by atoms with van der Waals surface area (Å²) in [5.41, 5.74) is 1.40. The summed E-state index contributed by atoms with van der Waals surface area (Å²) in [4.78, 5) is 16.6. The minimum atomic E-state index is 0.773. The Balaban J connectivity index is 1.33. The van der Waals surface area contributed by atoms with Crippen LogP contribution in [0.1, 0.15) is 11.4 Å². The van der Waals surface area contributed by atoms with E-state index in [1.165, 1.54) is 5.56 Å². The maximum Gasteiger partial charge on any atom is 0.134 e. The monoisotopic (exact) mass is 445 g/mol. The molecule has 2 saturated heterocycles. The molecular weight excluding hydrogens is 418 g/mol. The average Bonchev–Trinajstić information content (AvgIpc) is 2.74. The third-order valence-electron chi connectivity index (χ3n) is 5.47. The number of ether oxygens (including phenoxy) is 1. The number of hydrogen-bond donors (Lipinski definition) is 0. The third kappa shape index (κ3) is 5.01. The molecule has 3 heterocycles. The molecule has 0 aliphatic carbocycles. The summed E-state index contributed by atoms with van der Waals surface area (Å²) in [5, 5.41) is 0. The van der Waals surface area contributed by atoms with Crippen LogP contribution in [0.5, 0.6) is 0 Å². The maximum absolute atomic E-state index is 5.47. The molecule has 0 bridgehead atoms. The lowest BCUT2D eigenvalue weighted by Gasteiger charge is -2.36. The van der Waals surface area contributed by atoms with E-state index in [-0.39, 0.29) is 0 Å². The van der Waals surface area contributed by atoms with Gasteiger partial charge in [-0.1, -0.05) is 28.1 Å². The Kier molecular flexibility index (Phi) is 6.44. The number of anilines is 2. The number of aryl methyl sites for hydroxylation is 1. The van der Waals surface area contributed by atoms with E-state index >= 15 is 0 Å². The van der Waals surface area contributed by atoms with Crippen molar-refractivity contribution in [2.75, 3.05) is 68.8 Å². The van der Waals surface area contributed by atoms with Gasteiger partial charge in [0.1, 0.15) is 17.5 Å². The van der Waals surface area contributed by atoms with Crippen molar-refractivity contribution in [3.05, 3.63) is 46.2 Å². The molecule has 2 aromatic rings. The standard InChI is InChI=1S/C21H28BrN5O/c1-17-23-20(16-21(24-17)27-12-14-28-15-13-27)26-10-8-25(9-11-26)7-6-18-2-4-19(22)5-3-18/h2-5,16H,6-15H2,1H3. The Morgan fingerprint density at radius 1 is 0.893 bits per heavy atom. The number of morpholine rings is 1. The van der Waals surface area contributed by atoms with Crippen molar-refractivity contribution in [2.24, 2.45) is 0 Å². The Labute approximate surface area is 175 Å². The van der Waals surface area contributed by atoms with E-state index in [2.05, 4.69) is 65.9 Å². The van der Waals surface area contributed by atoms with Crippen LogP contribution in [0.15, 0.2) is 34.8 Å². The summed E-state index contributed by atoms with van der Waals surface area (Å²) in [7, 11) is 0. The van der Waals surface area contributed by atoms with Gasteiger partial charge in [-0.3, -0.25) is 4.90 Å². The fourth-order valence-electron chi connectivity index (χ4n) is 3.79. The first kappa shape index (κ1) is 19.6. The smallest absolute Gasteiger partial charge is 0.134 e. The van der Waals surface area contributed by atoms with Crippen LogP contribution in [0.25, 0.3) is 0 Å². The van der Waals surface area contributed by atoms with Crippen molar-refractivity contribution in [3.63, 3.8) is 0 Å². The largest absolute Gasteiger partial charge is 0.378 e. The lowest BCUT2D eigenvalue weighted by Crippen LogP contribution is -2.47. The highest BCUT2D eigenvalue weighted by molar-refractivity contribution is 9.10. The molecule has 0 saturated carbocycles. The number of halogens is 1. The Morgan fingerprint density at radius 3 is 2.14 bits per heavy atom. The zero-order valence-corrected chi connectivity index (χ0v) is 18.1. The molecule has 0 amide bonds. The molecule has 2 aliphatic heterocycles. The number of piperazine rings is 1. The summed E-state index contributed by atoms with van der Waals surface area (Å²) >= 11 is 3.50. The van der Waals surface area contributed by atoms with Gasteiger partial charge in [-0.25, -0.2) is 9.97 Å². The van der Waals surface area contributed by atoms with Crippen LogP contribution < -0.4 is 9.80 Å². The van der Waals surface area contributed by atoms with Gasteiger partial charge in [-0.05, 0) is 31.0 Å². The van der Waals surface area contributed by atoms with Crippen LogP contribution in [-0.2, 0) is 11.2 Å². The van der Waals surface area contributed by atoms with Crippen LogP contribution in [0.4, 0.5) is 11.6 Å². The summed E-state index contributed by atoms with van der Waals surface area (Å²) in [6.45, 7) is 10.6. The van der Waals surface area contributed by atoms with E-state index < -0.39 is 0 Å². The van der Waals surface area contributed by atoms with Crippen LogP contribution >= 0.6 is 15.9 Å². The normalized spacial score (nSPS) is 18.5. The molecule has 0 atom stereocenters. The van der Waals surface area contributed by atoms with E-state index in [1.54, 1.807) is 0 Å². The average molecular weight is 446 g/mol. The third-order valence-corrected chi connectivity index (χ3v) is 6.00. The molecule has 0 spiro atoms. The van der Waals surface area contributed by atoms with Gasteiger partial charge in [0, 0.05) is 56.4 Å². The Hall–Kier alpha value is -1.70. The van der Waals surface area contributed by atoms with Gasteiger partial charge in [0.15, 0.2) is 0 Å². The van der Waals surface area contributed by atoms with Crippen molar-refractivity contribution in [2.45, 2.75) is 13.3 Å². The van der Waals surface area contributed by atoms with E-state index in [0.29, 0.717) is 0 Å². The van der Waals surface area contributed by atoms with Gasteiger partial charge >= 0.3 is 0 Å². The molecule has 1 aromatic heterocycles. The summed E-state index contributed by atoms with van der Waals surface area (Å²) < 4.78 is 6.61. The minimum absolute atomic E-state index is 0.773. The molecule has 0 unspecified atom stereocenters. The molecule has 150 valence electrons. The zero-order chi connectivity index (χ0) is 19.3. The summed E-state index contributed by atoms with van der Waals surface area (Å²) in [5.74, 6) is 2.93. The molecule has 2 aliphatic rings. The van der Waals surface area contributed by atoms with E-state index in [0.717, 1.165) is 87.4 Å². The predicted molar refractivity (Wildman–Crippen MR) is 116 cm³/mol. The second-order valence-electron chi connectivity index (χ2n) is 7.44. The van der Waals surface area contributed by atoms with Crippen molar-refractivity contribution >= 4 is 27.6 Å². The van der Waals surface area contributed by atoms with Crippen molar-refractivity contribution in [1.29, 1.82) is 0 Å². The van der Waals surface area contributed by atoms with E-state index in [9.17, 15) is 0 Å². The lowest BCUT2D eigenvalue weighted by atomic mass is 10.1. The highest BCUT2D eigenvalue weighted by Crippen LogP contribution is 2.21. The predicted octanol–water partition coefficient (Wildman–Crippen LogP) is 2.75. The highest BCUT2D eigenvalue weighted by Gasteiger charge is 2.20. The van der Waals surface area contributed by atoms with Crippen molar-refractivity contribution in [1.82, 2.24) is 14.9 Å². The number of hydrogen-bond acceptors (Lipinski definition) is 6. The Bertz CT molecular complexity index is 771. The molecule has 28 heavy (non-hydrogen) atoms. The molecular formula is C21H28BrN5O. The fourth-order valence-corrected chi connectivity index (χ4v) is 4.06. The quantitative estimate of drug-likeness (QED) is 0.704. The second kappa shape index (κ2) is 9.20. The molecule has 0 N–H and O–H groups in total. The molecule has 2 fully saturated rings. The van der Waals surface area contributed by atoms with Gasteiger partial charge in [-0.2, -0.15) is 0 Å². The van der Waals surface area contributed by atoms with Gasteiger partial charge in [0.2, 0.25) is 0 Å². The second-order valence-corrected chi connectivity index (χ2v) is 8.35. The first-order valence-corrected chi connectivity index (χ1v) is 10.9. The summed E-state index contributed by atoms with van der Waals surface area (Å²) in [6, 6.07) is 10.8. The fraction of sp³-hybridized carbons (Fsp3) is 0.524. The summed E-state index contributed by atoms with van der Waals surface area (Å²) in [6.07, 6.45) is 1.10. The number of nitrogens with zero attached hydrogens (tertiary/aromatic N) is 5. The number of rotatable bonds is 5. The van der Waals surface area contributed by atoms with Crippen molar-refractivity contribution in [3.8, 4) is 0 Å². The van der Waals surface area contributed by atoms with Crippen molar-refractivity contribution < 1.29 is 4.74 Å². The Morgan fingerprint density at radius 2 is 1.50 bits per heavy atom. The SMILES string of the molecule is Cc1nc(N2CCOCC2)cc(N2CCN(CCc3ccc(Br)cc3)CC2)n1. The highest BCUT2D eigenvalue weighted by atomic mass is 79.9. The van der Waals surface area contributed by atoms with Crippen LogP contribution in [0.2, 0.25) is 0 Å². The van der Waals surface area contributed by atoms with Gasteiger partial charge in [-0.15, -0.1) is 0 Å². The lowest BCUT2D eigenvalue weighted by molar-refractivity contribution is 0.122. The number of benzene rings is 1. The first-order valence-electron chi connectivity index (χ1n) is 10.1. The van der Waals surface area contributed by atoms with Gasteiger partial charge in [0.25, 0.3) is 0 Å². The molecule has 7 heteroatoms. The zero-order valence-electron chi connectivity index (χ0n) is 16.5. The molecule has 4 rings (SSSR count). The van der Waals surface area contributed by atoms with Gasteiger partial charge < -0.3 is 14.5 Å². The molecule has 6 nitrogen and oxygen atoms in total. The molecule has 0 radical (unpaired) electrons. The minimum Gasteiger partial charge on any atom is -0.378 e. The maximum atomic E-state index is 5.47. The van der Waals surface area contributed by atoms with E-state index in [4.69, 9.17) is 9.72 Å². The van der Waals surface area contributed by atoms with Crippen LogP contribution in [0, 0.1) is 6.92 Å². The van der Waals surface area contributed by atoms with Gasteiger partial charge in [0.05, 0.1) is 13.2 Å². The topological polar surface area (TPSA) is 44.7 Å². The van der Waals surface area contributed by atoms with E-state index in [1.807, 2.05) is 6.92 Å². The number of aromatic nitrogens is 2. The van der Waals surface area contributed by atoms with Crippen LogP contribution in [0.3, 0.4) is 0 Å². The van der Waals surface area contributed by atoms with Crippen LogP contribution in [-0.4, -0.2) is 73.9 Å².